The first-order valence-corrected chi connectivity index (χ1v) is 7.31. The van der Waals surface area contributed by atoms with Crippen LogP contribution in [0.5, 0.6) is 11.5 Å². The van der Waals surface area contributed by atoms with Crippen LogP contribution in [0, 0.1) is 0 Å². The Labute approximate surface area is 116 Å². The number of rotatable bonds is 6. The molecule has 0 atom stereocenters. The molecule has 0 spiro atoms. The maximum Gasteiger partial charge on any atom is 0.119 e. The molecule has 18 heavy (non-hydrogen) atoms. The van der Waals surface area contributed by atoms with Crippen molar-refractivity contribution in [3.05, 3.63) is 36.4 Å². The lowest BCUT2D eigenvalue weighted by atomic mass is 10.1. The quantitative estimate of drug-likeness (QED) is 0.736. The Balaban J connectivity index is 2.19. The van der Waals surface area contributed by atoms with Gasteiger partial charge in [0.2, 0.25) is 0 Å². The SMILES string of the molecule is CCCOc1ccc2cc(OCCBr)ccc2c1. The number of ether oxygens (including phenoxy) is 2. The molecule has 0 unspecified atom stereocenters. The van der Waals surface area contributed by atoms with Crippen LogP contribution in [-0.4, -0.2) is 18.5 Å². The molecule has 0 N–H and O–H groups in total. The van der Waals surface area contributed by atoms with Crippen molar-refractivity contribution in [1.29, 1.82) is 0 Å². The average Bonchev–Trinajstić information content (AvgIpc) is 2.42. The van der Waals surface area contributed by atoms with Crippen LogP contribution in [0.4, 0.5) is 0 Å². The van der Waals surface area contributed by atoms with Crippen molar-refractivity contribution >= 4 is 26.7 Å². The summed E-state index contributed by atoms with van der Waals surface area (Å²) in [5.41, 5.74) is 0. The second-order valence-electron chi connectivity index (χ2n) is 4.06. The van der Waals surface area contributed by atoms with Gasteiger partial charge in [-0.25, -0.2) is 0 Å². The minimum atomic E-state index is 0.684. The Hall–Kier alpha value is -1.22. The van der Waals surface area contributed by atoms with Gasteiger partial charge in [-0.1, -0.05) is 35.0 Å². The van der Waals surface area contributed by atoms with Crippen molar-refractivity contribution in [3.8, 4) is 11.5 Å². The first kappa shape index (κ1) is 13.2. The van der Waals surface area contributed by atoms with Crippen molar-refractivity contribution in [2.45, 2.75) is 13.3 Å². The molecule has 0 amide bonds. The molecule has 2 aromatic carbocycles. The molecule has 0 fully saturated rings. The van der Waals surface area contributed by atoms with Gasteiger partial charge < -0.3 is 9.47 Å². The van der Waals surface area contributed by atoms with Crippen LogP contribution < -0.4 is 9.47 Å². The highest BCUT2D eigenvalue weighted by atomic mass is 79.9. The van der Waals surface area contributed by atoms with Gasteiger partial charge in [0.1, 0.15) is 11.5 Å². The normalized spacial score (nSPS) is 10.6. The van der Waals surface area contributed by atoms with Crippen LogP contribution in [0.2, 0.25) is 0 Å². The number of alkyl halides is 1. The molecule has 0 aliphatic rings. The predicted molar refractivity (Wildman–Crippen MR) is 79.0 cm³/mol. The van der Waals surface area contributed by atoms with E-state index in [-0.39, 0.29) is 0 Å². The zero-order chi connectivity index (χ0) is 12.8. The number of halogens is 1. The first-order chi connectivity index (χ1) is 8.83. The lowest BCUT2D eigenvalue weighted by Crippen LogP contribution is -1.97. The average molecular weight is 309 g/mol. The van der Waals surface area contributed by atoms with Crippen LogP contribution in [0.3, 0.4) is 0 Å². The molecule has 0 aromatic heterocycles. The molecule has 0 aliphatic heterocycles. The molecule has 96 valence electrons. The summed E-state index contributed by atoms with van der Waals surface area (Å²) in [6.45, 7) is 3.55. The Kier molecular flexibility index (Phi) is 4.88. The minimum absolute atomic E-state index is 0.684. The molecule has 3 heteroatoms. The standard InChI is InChI=1S/C15H17BrO2/c1-2-8-17-14-5-3-13-11-15(18-9-7-16)6-4-12(13)10-14/h3-6,10-11H,2,7-9H2,1H3. The molecule has 0 radical (unpaired) electrons. The van der Waals surface area contributed by atoms with Gasteiger partial charge >= 0.3 is 0 Å². The van der Waals surface area contributed by atoms with Crippen molar-refractivity contribution in [2.24, 2.45) is 0 Å². The molecular weight excluding hydrogens is 292 g/mol. The van der Waals surface area contributed by atoms with E-state index in [1.54, 1.807) is 0 Å². The Morgan fingerprint density at radius 2 is 1.44 bits per heavy atom. The van der Waals surface area contributed by atoms with E-state index >= 15 is 0 Å². The monoisotopic (exact) mass is 308 g/mol. The van der Waals surface area contributed by atoms with Crippen molar-refractivity contribution in [3.63, 3.8) is 0 Å². The van der Waals surface area contributed by atoms with E-state index in [0.29, 0.717) is 6.61 Å². The maximum atomic E-state index is 5.62. The third-order valence-electron chi connectivity index (χ3n) is 2.60. The predicted octanol–water partition coefficient (Wildman–Crippen LogP) is 4.40. The molecule has 2 nitrogen and oxygen atoms in total. The van der Waals surface area contributed by atoms with E-state index in [1.165, 1.54) is 10.8 Å². The number of fused-ring (bicyclic) bond motifs is 1. The van der Waals surface area contributed by atoms with E-state index in [2.05, 4.69) is 47.1 Å². The van der Waals surface area contributed by atoms with E-state index in [4.69, 9.17) is 9.47 Å². The van der Waals surface area contributed by atoms with Crippen LogP contribution in [-0.2, 0) is 0 Å². The second-order valence-corrected chi connectivity index (χ2v) is 4.85. The van der Waals surface area contributed by atoms with Crippen LogP contribution >= 0.6 is 15.9 Å². The fourth-order valence-corrected chi connectivity index (χ4v) is 1.92. The molecule has 2 rings (SSSR count). The van der Waals surface area contributed by atoms with Crippen LogP contribution in [0.25, 0.3) is 10.8 Å². The van der Waals surface area contributed by atoms with Crippen molar-refractivity contribution in [2.75, 3.05) is 18.5 Å². The van der Waals surface area contributed by atoms with Crippen molar-refractivity contribution in [1.82, 2.24) is 0 Å². The number of hydrogen-bond donors (Lipinski definition) is 0. The van der Waals surface area contributed by atoms with Gasteiger partial charge in [0.05, 0.1) is 13.2 Å². The second kappa shape index (κ2) is 6.64. The number of benzene rings is 2. The van der Waals surface area contributed by atoms with Crippen LogP contribution in [0.1, 0.15) is 13.3 Å². The fraction of sp³-hybridized carbons (Fsp3) is 0.333. The number of hydrogen-bond acceptors (Lipinski definition) is 2. The smallest absolute Gasteiger partial charge is 0.119 e. The third kappa shape index (κ3) is 3.39. The fourth-order valence-electron chi connectivity index (χ4n) is 1.76. The highest BCUT2D eigenvalue weighted by Crippen LogP contribution is 2.25. The Morgan fingerprint density at radius 1 is 0.889 bits per heavy atom. The summed E-state index contributed by atoms with van der Waals surface area (Å²) in [5, 5.41) is 3.19. The largest absolute Gasteiger partial charge is 0.494 e. The molecule has 0 saturated heterocycles. The van der Waals surface area contributed by atoms with Gasteiger partial charge in [-0.2, -0.15) is 0 Å². The van der Waals surface area contributed by atoms with Gasteiger partial charge in [0.15, 0.2) is 0 Å². The lowest BCUT2D eigenvalue weighted by Gasteiger charge is -2.08. The maximum absolute atomic E-state index is 5.62. The summed E-state index contributed by atoms with van der Waals surface area (Å²) < 4.78 is 11.2. The summed E-state index contributed by atoms with van der Waals surface area (Å²) >= 11 is 3.35. The first-order valence-electron chi connectivity index (χ1n) is 6.19. The summed E-state index contributed by atoms with van der Waals surface area (Å²) in [7, 11) is 0. The van der Waals surface area contributed by atoms with Gasteiger partial charge in [-0.3, -0.25) is 0 Å². The molecule has 0 bridgehead atoms. The minimum Gasteiger partial charge on any atom is -0.494 e. The molecule has 0 heterocycles. The lowest BCUT2D eigenvalue weighted by molar-refractivity contribution is 0.318. The Morgan fingerprint density at radius 3 is 1.94 bits per heavy atom. The summed E-state index contributed by atoms with van der Waals surface area (Å²) in [5.74, 6) is 1.84. The summed E-state index contributed by atoms with van der Waals surface area (Å²) in [6.07, 6.45) is 1.03. The zero-order valence-corrected chi connectivity index (χ0v) is 12.1. The van der Waals surface area contributed by atoms with Gasteiger partial charge in [-0.15, -0.1) is 0 Å². The van der Waals surface area contributed by atoms with E-state index in [1.807, 2.05) is 12.1 Å². The van der Waals surface area contributed by atoms with E-state index in [9.17, 15) is 0 Å². The van der Waals surface area contributed by atoms with Crippen LogP contribution in [0.15, 0.2) is 36.4 Å². The topological polar surface area (TPSA) is 18.5 Å². The highest BCUT2D eigenvalue weighted by molar-refractivity contribution is 9.09. The molecular formula is C15H17BrO2. The summed E-state index contributed by atoms with van der Waals surface area (Å²) in [6, 6.07) is 12.3. The van der Waals surface area contributed by atoms with Crippen molar-refractivity contribution < 1.29 is 9.47 Å². The highest BCUT2D eigenvalue weighted by Gasteiger charge is 2.00. The van der Waals surface area contributed by atoms with E-state index < -0.39 is 0 Å². The zero-order valence-electron chi connectivity index (χ0n) is 10.5. The molecule has 2 aromatic rings. The van der Waals surface area contributed by atoms with Gasteiger partial charge in [0.25, 0.3) is 0 Å². The molecule has 0 saturated carbocycles. The van der Waals surface area contributed by atoms with Gasteiger partial charge in [-0.05, 0) is 41.5 Å². The van der Waals surface area contributed by atoms with E-state index in [0.717, 1.165) is 29.9 Å². The third-order valence-corrected chi connectivity index (χ3v) is 2.93. The molecule has 0 aliphatic carbocycles. The van der Waals surface area contributed by atoms with Gasteiger partial charge in [0, 0.05) is 5.33 Å². The Bertz CT molecular complexity index is 464. The summed E-state index contributed by atoms with van der Waals surface area (Å²) in [4.78, 5) is 0.